The third-order valence-corrected chi connectivity index (χ3v) is 5.47. The SMILES string of the molecule is CN(C)NC(=O)[C@]12CC[C@@](C)(C(=O)C1)C2(C)C. The fourth-order valence-electron chi connectivity index (χ4n) is 3.67. The van der Waals surface area contributed by atoms with Crippen LogP contribution >= 0.6 is 0 Å². The van der Waals surface area contributed by atoms with Crippen molar-refractivity contribution in [3.05, 3.63) is 0 Å². The highest BCUT2D eigenvalue weighted by atomic mass is 16.2. The van der Waals surface area contributed by atoms with Crippen LogP contribution in [-0.2, 0) is 9.59 Å². The Hall–Kier alpha value is -0.900. The summed E-state index contributed by atoms with van der Waals surface area (Å²) in [6.45, 7) is 6.16. The molecule has 2 fully saturated rings. The van der Waals surface area contributed by atoms with E-state index in [1.807, 2.05) is 6.92 Å². The summed E-state index contributed by atoms with van der Waals surface area (Å²) in [7, 11) is 3.60. The van der Waals surface area contributed by atoms with Gasteiger partial charge < -0.3 is 0 Å². The van der Waals surface area contributed by atoms with E-state index >= 15 is 0 Å². The van der Waals surface area contributed by atoms with Crippen LogP contribution in [0.5, 0.6) is 0 Å². The standard InChI is InChI=1S/C13H22N2O2/c1-11(2)12(3)6-7-13(11,8-9(12)16)10(17)14-15(4)5/h6-8H2,1-5H3,(H,14,17)/t12-,13-/m0/s1. The lowest BCUT2D eigenvalue weighted by molar-refractivity contribution is -0.140. The molecule has 2 bridgehead atoms. The van der Waals surface area contributed by atoms with Crippen molar-refractivity contribution in [2.75, 3.05) is 14.1 Å². The average molecular weight is 238 g/mol. The smallest absolute Gasteiger partial charge is 0.241 e. The number of hydrogen-bond donors (Lipinski definition) is 1. The topological polar surface area (TPSA) is 49.4 Å². The molecule has 96 valence electrons. The lowest BCUT2D eigenvalue weighted by atomic mass is 9.64. The summed E-state index contributed by atoms with van der Waals surface area (Å²) in [5.74, 6) is 0.254. The lowest BCUT2D eigenvalue weighted by Crippen LogP contribution is -2.50. The normalized spacial score (nSPS) is 38.8. The van der Waals surface area contributed by atoms with Gasteiger partial charge in [0.2, 0.25) is 5.91 Å². The number of nitrogens with zero attached hydrogens (tertiary/aromatic N) is 1. The minimum atomic E-state index is -0.511. The van der Waals surface area contributed by atoms with Gasteiger partial charge in [-0.25, -0.2) is 5.01 Å². The summed E-state index contributed by atoms with van der Waals surface area (Å²) >= 11 is 0. The van der Waals surface area contributed by atoms with E-state index in [1.165, 1.54) is 0 Å². The van der Waals surface area contributed by atoms with Gasteiger partial charge in [-0.2, -0.15) is 0 Å². The highest BCUT2D eigenvalue weighted by molar-refractivity contribution is 5.99. The van der Waals surface area contributed by atoms with Crippen molar-refractivity contribution in [2.45, 2.75) is 40.0 Å². The molecule has 1 N–H and O–H groups in total. The van der Waals surface area contributed by atoms with Gasteiger partial charge in [-0.05, 0) is 18.3 Å². The minimum absolute atomic E-state index is 0.00192. The first-order valence-corrected chi connectivity index (χ1v) is 6.19. The fourth-order valence-corrected chi connectivity index (χ4v) is 3.67. The maximum Gasteiger partial charge on any atom is 0.241 e. The van der Waals surface area contributed by atoms with E-state index in [-0.39, 0.29) is 22.5 Å². The summed E-state index contributed by atoms with van der Waals surface area (Å²) in [6.07, 6.45) is 2.05. The summed E-state index contributed by atoms with van der Waals surface area (Å²) < 4.78 is 0. The van der Waals surface area contributed by atoms with Crippen LogP contribution in [0.15, 0.2) is 0 Å². The highest BCUT2D eigenvalue weighted by Crippen LogP contribution is 2.70. The highest BCUT2D eigenvalue weighted by Gasteiger charge is 2.72. The second kappa shape index (κ2) is 3.31. The molecule has 2 aliphatic carbocycles. The molecular formula is C13H22N2O2. The quantitative estimate of drug-likeness (QED) is 0.739. The zero-order valence-corrected chi connectivity index (χ0v) is 11.4. The molecule has 2 aliphatic rings. The van der Waals surface area contributed by atoms with Crippen LogP contribution in [-0.4, -0.2) is 30.8 Å². The molecule has 2 rings (SSSR count). The van der Waals surface area contributed by atoms with E-state index in [0.29, 0.717) is 6.42 Å². The van der Waals surface area contributed by atoms with Gasteiger partial charge in [-0.3, -0.25) is 15.0 Å². The van der Waals surface area contributed by atoms with Gasteiger partial charge in [0.15, 0.2) is 0 Å². The van der Waals surface area contributed by atoms with Crippen LogP contribution in [0.4, 0.5) is 0 Å². The van der Waals surface area contributed by atoms with Gasteiger partial charge in [-0.1, -0.05) is 20.8 Å². The average Bonchev–Trinajstić information content (AvgIpc) is 2.47. The largest absolute Gasteiger partial charge is 0.299 e. The van der Waals surface area contributed by atoms with Crippen molar-refractivity contribution in [1.29, 1.82) is 0 Å². The summed E-state index contributed by atoms with van der Waals surface area (Å²) in [6, 6.07) is 0. The summed E-state index contributed by atoms with van der Waals surface area (Å²) in [4.78, 5) is 24.6. The molecule has 4 nitrogen and oxygen atoms in total. The number of carbonyl (C=O) groups excluding carboxylic acids is 2. The number of ketones is 1. The van der Waals surface area contributed by atoms with Crippen LogP contribution in [0.25, 0.3) is 0 Å². The first-order valence-electron chi connectivity index (χ1n) is 6.19. The molecule has 0 radical (unpaired) electrons. The lowest BCUT2D eigenvalue weighted by Gasteiger charge is -2.39. The van der Waals surface area contributed by atoms with E-state index in [9.17, 15) is 9.59 Å². The number of nitrogens with one attached hydrogen (secondary N) is 1. The number of carbonyl (C=O) groups is 2. The third kappa shape index (κ3) is 1.27. The van der Waals surface area contributed by atoms with Gasteiger partial charge >= 0.3 is 0 Å². The monoisotopic (exact) mass is 238 g/mol. The minimum Gasteiger partial charge on any atom is -0.299 e. The van der Waals surface area contributed by atoms with Crippen molar-refractivity contribution < 1.29 is 9.59 Å². The van der Waals surface area contributed by atoms with E-state index in [1.54, 1.807) is 19.1 Å². The van der Waals surface area contributed by atoms with Gasteiger partial charge in [0.05, 0.1) is 5.41 Å². The first-order chi connectivity index (χ1) is 7.67. The number of Topliss-reactive ketones (excluding diaryl/α,β-unsaturated/α-hetero) is 1. The summed E-state index contributed by atoms with van der Waals surface area (Å²) in [5.41, 5.74) is 1.75. The Kier molecular flexibility index (Phi) is 2.45. The number of fused-ring (bicyclic) bond motifs is 2. The molecule has 2 atom stereocenters. The second-order valence-electron chi connectivity index (χ2n) is 6.47. The molecule has 0 aromatic carbocycles. The molecule has 0 spiro atoms. The Morgan fingerprint density at radius 3 is 2.18 bits per heavy atom. The van der Waals surface area contributed by atoms with Crippen molar-refractivity contribution in [2.24, 2.45) is 16.2 Å². The third-order valence-electron chi connectivity index (χ3n) is 5.47. The number of amides is 1. The Morgan fingerprint density at radius 1 is 1.24 bits per heavy atom. The molecule has 0 aromatic rings. The van der Waals surface area contributed by atoms with Crippen molar-refractivity contribution in [3.8, 4) is 0 Å². The molecular weight excluding hydrogens is 216 g/mol. The van der Waals surface area contributed by atoms with Crippen LogP contribution in [0.3, 0.4) is 0 Å². The van der Waals surface area contributed by atoms with Crippen molar-refractivity contribution >= 4 is 11.7 Å². The Bertz CT molecular complexity index is 389. The predicted octanol–water partition coefficient (Wildman–Crippen LogP) is 1.36. The predicted molar refractivity (Wildman–Crippen MR) is 65.0 cm³/mol. The fraction of sp³-hybridized carbons (Fsp3) is 0.846. The van der Waals surface area contributed by atoms with E-state index in [4.69, 9.17) is 0 Å². The molecule has 0 saturated heterocycles. The van der Waals surface area contributed by atoms with E-state index in [0.717, 1.165) is 12.8 Å². The molecule has 0 aliphatic heterocycles. The van der Waals surface area contributed by atoms with Gasteiger partial charge in [0.1, 0.15) is 5.78 Å². The van der Waals surface area contributed by atoms with Crippen molar-refractivity contribution in [1.82, 2.24) is 10.4 Å². The molecule has 0 aromatic heterocycles. The Morgan fingerprint density at radius 2 is 1.82 bits per heavy atom. The molecule has 4 heteroatoms. The number of rotatable bonds is 2. The summed E-state index contributed by atoms with van der Waals surface area (Å²) in [5, 5.41) is 1.66. The Balaban J connectivity index is 2.40. The van der Waals surface area contributed by atoms with Gasteiger partial charge in [0, 0.05) is 25.9 Å². The second-order valence-corrected chi connectivity index (χ2v) is 6.47. The maximum atomic E-state index is 12.4. The molecule has 17 heavy (non-hydrogen) atoms. The Labute approximate surface area is 103 Å². The van der Waals surface area contributed by atoms with Crippen LogP contribution < -0.4 is 5.43 Å². The molecule has 1 amide bonds. The van der Waals surface area contributed by atoms with Crippen LogP contribution in [0, 0.1) is 16.2 Å². The molecule has 2 saturated carbocycles. The molecule has 0 heterocycles. The molecule has 0 unspecified atom stereocenters. The zero-order valence-electron chi connectivity index (χ0n) is 11.4. The van der Waals surface area contributed by atoms with E-state index in [2.05, 4.69) is 19.3 Å². The number of hydrogen-bond acceptors (Lipinski definition) is 3. The maximum absolute atomic E-state index is 12.4. The van der Waals surface area contributed by atoms with Crippen LogP contribution in [0.2, 0.25) is 0 Å². The first kappa shape index (κ1) is 12.6. The van der Waals surface area contributed by atoms with Crippen molar-refractivity contribution in [3.63, 3.8) is 0 Å². The zero-order chi connectivity index (χ0) is 13.1. The van der Waals surface area contributed by atoms with E-state index < -0.39 is 5.41 Å². The van der Waals surface area contributed by atoms with Crippen LogP contribution in [0.1, 0.15) is 40.0 Å². The van der Waals surface area contributed by atoms with Gasteiger partial charge in [-0.15, -0.1) is 0 Å². The number of hydrazine groups is 1. The van der Waals surface area contributed by atoms with Gasteiger partial charge in [0.25, 0.3) is 0 Å².